The molecule has 0 aromatic heterocycles. The number of hydrogen-bond acceptors (Lipinski definition) is 4. The number of benzene rings is 4. The molecule has 8 heteroatoms. The molecule has 4 aromatic rings. The minimum Gasteiger partial charge on any atom is -0.265 e. The third-order valence-corrected chi connectivity index (χ3v) is 10.0. The predicted octanol–water partition coefficient (Wildman–Crippen LogP) is 5.64. The van der Waals surface area contributed by atoms with E-state index in [-0.39, 0.29) is 18.0 Å². The lowest BCUT2D eigenvalue weighted by Gasteiger charge is -2.36. The van der Waals surface area contributed by atoms with Gasteiger partial charge in [0.05, 0.1) is 35.6 Å². The van der Waals surface area contributed by atoms with Crippen molar-refractivity contribution in [1.29, 1.82) is 0 Å². The van der Waals surface area contributed by atoms with Gasteiger partial charge in [0.1, 0.15) is 0 Å². The molecular formula is C30H26N2O4S2. The Kier molecular flexibility index (Phi) is 5.70. The molecule has 0 fully saturated rings. The van der Waals surface area contributed by atoms with E-state index in [0.29, 0.717) is 11.4 Å². The maximum Gasteiger partial charge on any atom is 0.264 e. The first-order chi connectivity index (χ1) is 18.1. The van der Waals surface area contributed by atoms with Crippen LogP contribution in [0.2, 0.25) is 0 Å². The second-order valence-corrected chi connectivity index (χ2v) is 13.4. The molecule has 2 aliphatic heterocycles. The zero-order valence-electron chi connectivity index (χ0n) is 21.0. The Morgan fingerprint density at radius 2 is 1.32 bits per heavy atom. The van der Waals surface area contributed by atoms with Gasteiger partial charge in [-0.2, -0.15) is 0 Å². The zero-order chi connectivity index (χ0) is 26.7. The fraction of sp³-hybridized carbons (Fsp3) is 0.133. The van der Waals surface area contributed by atoms with Gasteiger partial charge in [-0.05, 0) is 59.0 Å². The zero-order valence-corrected chi connectivity index (χ0v) is 22.6. The number of rotatable bonds is 4. The third-order valence-electron chi connectivity index (χ3n) is 7.12. The van der Waals surface area contributed by atoms with Crippen LogP contribution < -0.4 is 4.31 Å². The molecule has 6 rings (SSSR count). The number of fused-ring (bicyclic) bond motifs is 5. The average Bonchev–Trinajstić information content (AvgIpc) is 2.91. The lowest BCUT2D eigenvalue weighted by molar-refractivity contribution is 0.505. The van der Waals surface area contributed by atoms with E-state index in [9.17, 15) is 16.8 Å². The van der Waals surface area contributed by atoms with Crippen molar-refractivity contribution in [1.82, 2.24) is 4.31 Å². The van der Waals surface area contributed by atoms with Gasteiger partial charge >= 0.3 is 0 Å². The molecule has 192 valence electrons. The van der Waals surface area contributed by atoms with Crippen LogP contribution in [0.5, 0.6) is 0 Å². The van der Waals surface area contributed by atoms with Crippen LogP contribution in [0.15, 0.2) is 95.9 Å². The molecule has 0 atom stereocenters. The summed E-state index contributed by atoms with van der Waals surface area (Å²) in [6.07, 6.45) is 3.15. The molecule has 0 spiro atoms. The first-order valence-corrected chi connectivity index (χ1v) is 15.5. The summed E-state index contributed by atoms with van der Waals surface area (Å²) in [6.45, 7) is 2.31. The van der Waals surface area contributed by atoms with Gasteiger partial charge in [0, 0.05) is 5.56 Å². The second kappa shape index (κ2) is 8.85. The van der Waals surface area contributed by atoms with E-state index in [2.05, 4.69) is 0 Å². The Bertz CT molecular complexity index is 1810. The third kappa shape index (κ3) is 4.01. The smallest absolute Gasteiger partial charge is 0.264 e. The monoisotopic (exact) mass is 542 g/mol. The van der Waals surface area contributed by atoms with Crippen LogP contribution in [-0.4, -0.2) is 27.4 Å². The molecule has 4 aromatic carbocycles. The number of nitrogens with zero attached hydrogens (tertiary/aromatic N) is 2. The molecular weight excluding hydrogens is 516 g/mol. The van der Waals surface area contributed by atoms with Gasteiger partial charge in [-0.3, -0.25) is 8.61 Å². The van der Waals surface area contributed by atoms with Gasteiger partial charge in [0.2, 0.25) is 10.0 Å². The normalized spacial score (nSPS) is 14.8. The molecule has 0 bridgehead atoms. The fourth-order valence-corrected chi connectivity index (χ4v) is 7.59. The van der Waals surface area contributed by atoms with Gasteiger partial charge in [0.15, 0.2) is 0 Å². The van der Waals surface area contributed by atoms with Crippen molar-refractivity contribution in [3.63, 3.8) is 0 Å². The van der Waals surface area contributed by atoms with E-state index in [1.165, 1.54) is 14.9 Å². The van der Waals surface area contributed by atoms with E-state index in [0.717, 1.165) is 38.9 Å². The quantitative estimate of drug-likeness (QED) is 0.334. The number of anilines is 1. The SMILES string of the molecule is Cc1ccc(S(=O)(=O)N2Cc3ccc4c(c3C=C2c2ccccc2)-c2ccccc2N(S(C)(=O)=O)C4)cc1. The van der Waals surface area contributed by atoms with Crippen LogP contribution in [0.1, 0.15) is 27.8 Å². The van der Waals surface area contributed by atoms with Gasteiger partial charge < -0.3 is 0 Å². The molecule has 2 heterocycles. The summed E-state index contributed by atoms with van der Waals surface area (Å²) in [5.74, 6) is 0. The van der Waals surface area contributed by atoms with Crippen LogP contribution in [0.25, 0.3) is 22.9 Å². The first kappa shape index (κ1) is 24.5. The summed E-state index contributed by atoms with van der Waals surface area (Å²) in [4.78, 5) is 0.237. The Labute approximate surface area is 223 Å². The molecule has 0 N–H and O–H groups in total. The summed E-state index contributed by atoms with van der Waals surface area (Å²) in [5.41, 5.74) is 7.39. The van der Waals surface area contributed by atoms with E-state index in [4.69, 9.17) is 0 Å². The summed E-state index contributed by atoms with van der Waals surface area (Å²) in [6, 6.07) is 27.7. The molecule has 0 saturated heterocycles. The van der Waals surface area contributed by atoms with E-state index in [1.54, 1.807) is 24.3 Å². The molecule has 38 heavy (non-hydrogen) atoms. The largest absolute Gasteiger partial charge is 0.265 e. The Morgan fingerprint density at radius 3 is 2.03 bits per heavy atom. The summed E-state index contributed by atoms with van der Waals surface area (Å²) in [7, 11) is -7.34. The molecule has 0 saturated carbocycles. The maximum absolute atomic E-state index is 13.9. The van der Waals surface area contributed by atoms with Crippen molar-refractivity contribution in [3.05, 3.63) is 119 Å². The van der Waals surface area contributed by atoms with Gasteiger partial charge in [0.25, 0.3) is 10.0 Å². The summed E-state index contributed by atoms with van der Waals surface area (Å²) >= 11 is 0. The molecule has 0 unspecified atom stereocenters. The summed E-state index contributed by atoms with van der Waals surface area (Å²) < 4.78 is 56.1. The predicted molar refractivity (Wildman–Crippen MR) is 151 cm³/mol. The van der Waals surface area contributed by atoms with Crippen molar-refractivity contribution in [2.24, 2.45) is 0 Å². The van der Waals surface area contributed by atoms with E-state index < -0.39 is 20.0 Å². The number of para-hydroxylation sites is 1. The molecule has 0 aliphatic carbocycles. The number of aryl methyl sites for hydroxylation is 1. The Morgan fingerprint density at radius 1 is 0.684 bits per heavy atom. The Balaban J connectivity index is 1.58. The van der Waals surface area contributed by atoms with Crippen LogP contribution in [-0.2, 0) is 33.1 Å². The van der Waals surface area contributed by atoms with Crippen LogP contribution in [0.4, 0.5) is 5.69 Å². The van der Waals surface area contributed by atoms with Crippen molar-refractivity contribution < 1.29 is 16.8 Å². The highest BCUT2D eigenvalue weighted by Crippen LogP contribution is 2.46. The number of hydrogen-bond donors (Lipinski definition) is 0. The highest BCUT2D eigenvalue weighted by Gasteiger charge is 2.35. The van der Waals surface area contributed by atoms with Crippen molar-refractivity contribution in [2.45, 2.75) is 24.9 Å². The lowest BCUT2D eigenvalue weighted by atomic mass is 9.85. The summed E-state index contributed by atoms with van der Waals surface area (Å²) in [5, 5.41) is 0. The standard InChI is InChI=1S/C30H26N2O4S2/c1-21-12-16-25(17-13-21)38(35,36)32-19-23-14-15-24-20-31(37(2,33)34)28-11-7-6-10-26(28)30(24)27(23)18-29(32)22-8-4-3-5-9-22/h3-18H,19-20H2,1-2H3. The lowest BCUT2D eigenvalue weighted by Crippen LogP contribution is -2.34. The number of sulfonamides is 2. The molecule has 6 nitrogen and oxygen atoms in total. The second-order valence-electron chi connectivity index (χ2n) is 9.68. The van der Waals surface area contributed by atoms with Crippen molar-refractivity contribution in [2.75, 3.05) is 10.6 Å². The maximum atomic E-state index is 13.9. The van der Waals surface area contributed by atoms with Crippen LogP contribution in [0, 0.1) is 6.92 Å². The van der Waals surface area contributed by atoms with Crippen LogP contribution in [0.3, 0.4) is 0 Å². The van der Waals surface area contributed by atoms with Crippen molar-refractivity contribution >= 4 is 37.5 Å². The first-order valence-electron chi connectivity index (χ1n) is 12.2. The van der Waals surface area contributed by atoms with Crippen molar-refractivity contribution in [3.8, 4) is 11.1 Å². The molecule has 0 radical (unpaired) electrons. The van der Waals surface area contributed by atoms with Crippen LogP contribution >= 0.6 is 0 Å². The highest BCUT2D eigenvalue weighted by molar-refractivity contribution is 7.92. The van der Waals surface area contributed by atoms with E-state index >= 15 is 0 Å². The molecule has 0 amide bonds. The van der Waals surface area contributed by atoms with Gasteiger partial charge in [-0.1, -0.05) is 78.4 Å². The van der Waals surface area contributed by atoms with Gasteiger partial charge in [-0.25, -0.2) is 16.8 Å². The fourth-order valence-electron chi connectivity index (χ4n) is 5.24. The van der Waals surface area contributed by atoms with E-state index in [1.807, 2.05) is 79.7 Å². The van der Waals surface area contributed by atoms with Gasteiger partial charge in [-0.15, -0.1) is 0 Å². The molecule has 2 aliphatic rings. The minimum absolute atomic E-state index is 0.164. The minimum atomic E-state index is -3.85. The topological polar surface area (TPSA) is 74.8 Å². The highest BCUT2D eigenvalue weighted by atomic mass is 32.2. The average molecular weight is 543 g/mol. The Hall–Kier alpha value is -3.88.